The lowest BCUT2D eigenvalue weighted by Gasteiger charge is -2.34. The number of nitrogens with one attached hydrogen (secondary N) is 2. The Morgan fingerprint density at radius 1 is 1.30 bits per heavy atom. The zero-order chi connectivity index (χ0) is 21.9. The van der Waals surface area contributed by atoms with Crippen molar-refractivity contribution in [3.05, 3.63) is 29.8 Å². The summed E-state index contributed by atoms with van der Waals surface area (Å²) in [5, 5.41) is 16.8. The highest BCUT2D eigenvalue weighted by Gasteiger charge is 2.21. The Bertz CT molecular complexity index is 644. The molecule has 1 aliphatic heterocycles. The molecule has 1 aliphatic rings. The van der Waals surface area contributed by atoms with Gasteiger partial charge in [-0.2, -0.15) is 8.78 Å². The Morgan fingerprint density at radius 2 is 2.03 bits per heavy atom. The second-order valence-electron chi connectivity index (χ2n) is 7.71. The molecule has 30 heavy (non-hydrogen) atoms. The first kappa shape index (κ1) is 24.3. The molecule has 7 nitrogen and oxygen atoms in total. The molecule has 3 N–H and O–H groups in total. The van der Waals surface area contributed by atoms with Crippen molar-refractivity contribution >= 4 is 5.96 Å². The number of guanidine groups is 1. The summed E-state index contributed by atoms with van der Waals surface area (Å²) in [6.07, 6.45) is -0.776. The maximum atomic E-state index is 12.2. The lowest BCUT2D eigenvalue weighted by Crippen LogP contribution is -2.50. The molecule has 1 saturated heterocycles. The van der Waals surface area contributed by atoms with Gasteiger partial charge in [0.05, 0.1) is 25.4 Å². The highest BCUT2D eigenvalue weighted by molar-refractivity contribution is 5.79. The van der Waals surface area contributed by atoms with Crippen molar-refractivity contribution in [2.45, 2.75) is 39.6 Å². The van der Waals surface area contributed by atoms with Crippen molar-refractivity contribution in [1.29, 1.82) is 0 Å². The minimum Gasteiger partial charge on any atom is -0.435 e. The van der Waals surface area contributed by atoms with E-state index in [9.17, 15) is 13.9 Å². The SMILES string of the molecule is CCNC(=NCC(O)c1ccc(OC(F)F)cc1)NCC1CN(CC(C)C)CCO1. The predicted octanol–water partition coefficient (Wildman–Crippen LogP) is 2.23. The molecule has 1 fully saturated rings. The van der Waals surface area contributed by atoms with Crippen LogP contribution in [0.15, 0.2) is 29.3 Å². The molecule has 0 aromatic heterocycles. The van der Waals surface area contributed by atoms with Crippen LogP contribution in [0.2, 0.25) is 0 Å². The third kappa shape index (κ3) is 8.81. The van der Waals surface area contributed by atoms with E-state index in [0.717, 1.165) is 26.2 Å². The van der Waals surface area contributed by atoms with Gasteiger partial charge in [0.2, 0.25) is 0 Å². The average Bonchev–Trinajstić information content (AvgIpc) is 2.70. The van der Waals surface area contributed by atoms with E-state index in [0.29, 0.717) is 30.5 Å². The molecule has 0 radical (unpaired) electrons. The number of aliphatic hydroxyl groups is 1. The highest BCUT2D eigenvalue weighted by atomic mass is 19.3. The van der Waals surface area contributed by atoms with E-state index in [1.165, 1.54) is 12.1 Å². The van der Waals surface area contributed by atoms with Gasteiger partial charge in [0.1, 0.15) is 5.75 Å². The van der Waals surface area contributed by atoms with E-state index in [2.05, 4.69) is 39.1 Å². The van der Waals surface area contributed by atoms with E-state index in [4.69, 9.17) is 4.74 Å². The molecule has 1 heterocycles. The smallest absolute Gasteiger partial charge is 0.387 e. The molecule has 0 aliphatic carbocycles. The molecule has 0 spiro atoms. The lowest BCUT2D eigenvalue weighted by atomic mass is 10.1. The average molecular weight is 429 g/mol. The molecule has 1 aromatic rings. The number of alkyl halides is 2. The Morgan fingerprint density at radius 3 is 2.67 bits per heavy atom. The fourth-order valence-corrected chi connectivity index (χ4v) is 3.29. The van der Waals surface area contributed by atoms with Crippen LogP contribution in [0.4, 0.5) is 8.78 Å². The van der Waals surface area contributed by atoms with Crippen LogP contribution in [0, 0.1) is 5.92 Å². The number of aliphatic imine (C=N–C) groups is 1. The van der Waals surface area contributed by atoms with Crippen LogP contribution in [-0.2, 0) is 4.74 Å². The number of aliphatic hydroxyl groups excluding tert-OH is 1. The number of benzene rings is 1. The van der Waals surface area contributed by atoms with E-state index in [1.54, 1.807) is 12.1 Å². The number of morpholine rings is 1. The zero-order valence-electron chi connectivity index (χ0n) is 18.0. The van der Waals surface area contributed by atoms with Gasteiger partial charge in [-0.05, 0) is 30.5 Å². The minimum absolute atomic E-state index is 0.0541. The molecule has 2 unspecified atom stereocenters. The fourth-order valence-electron chi connectivity index (χ4n) is 3.29. The first-order chi connectivity index (χ1) is 14.4. The normalized spacial score (nSPS) is 19.2. The van der Waals surface area contributed by atoms with Crippen molar-refractivity contribution in [1.82, 2.24) is 15.5 Å². The van der Waals surface area contributed by atoms with Crippen molar-refractivity contribution in [2.24, 2.45) is 10.9 Å². The van der Waals surface area contributed by atoms with E-state index in [1.807, 2.05) is 6.92 Å². The van der Waals surface area contributed by atoms with Gasteiger partial charge in [0, 0.05) is 32.7 Å². The van der Waals surface area contributed by atoms with Crippen LogP contribution in [0.3, 0.4) is 0 Å². The van der Waals surface area contributed by atoms with Gasteiger partial charge >= 0.3 is 6.61 Å². The summed E-state index contributed by atoms with van der Waals surface area (Å²) in [7, 11) is 0. The van der Waals surface area contributed by atoms with Crippen LogP contribution in [-0.4, -0.2) is 74.6 Å². The number of hydrogen-bond acceptors (Lipinski definition) is 5. The topological polar surface area (TPSA) is 78.4 Å². The molecule has 0 amide bonds. The minimum atomic E-state index is -2.87. The number of nitrogens with zero attached hydrogens (tertiary/aromatic N) is 2. The largest absolute Gasteiger partial charge is 0.435 e. The molecular formula is C21H34F2N4O3. The molecule has 2 atom stereocenters. The summed E-state index contributed by atoms with van der Waals surface area (Å²) in [6, 6.07) is 5.91. The van der Waals surface area contributed by atoms with Gasteiger partial charge in [0.15, 0.2) is 5.96 Å². The molecule has 2 rings (SSSR count). The van der Waals surface area contributed by atoms with Crippen molar-refractivity contribution in [3.8, 4) is 5.75 Å². The van der Waals surface area contributed by atoms with E-state index in [-0.39, 0.29) is 18.4 Å². The van der Waals surface area contributed by atoms with Crippen LogP contribution in [0.1, 0.15) is 32.4 Å². The predicted molar refractivity (Wildman–Crippen MR) is 113 cm³/mol. The molecule has 170 valence electrons. The molecule has 1 aromatic carbocycles. The van der Waals surface area contributed by atoms with Gasteiger partial charge in [-0.25, -0.2) is 0 Å². The standard InChI is InChI=1S/C21H34F2N4O3/c1-4-24-21(25-11-18-14-27(9-10-29-18)13-15(2)3)26-12-19(28)16-5-7-17(8-6-16)30-20(22)23/h5-8,15,18-20,28H,4,9-14H2,1-3H3,(H2,24,25,26). The fraction of sp³-hybridized carbons (Fsp3) is 0.667. The number of hydrogen-bond donors (Lipinski definition) is 3. The number of rotatable bonds is 10. The highest BCUT2D eigenvalue weighted by Crippen LogP contribution is 2.19. The van der Waals surface area contributed by atoms with Gasteiger partial charge in [0.25, 0.3) is 0 Å². The number of ether oxygens (including phenoxy) is 2. The summed E-state index contributed by atoms with van der Waals surface area (Å²) in [6.45, 7) is 8.57. The Balaban J connectivity index is 1.85. The Hall–Kier alpha value is -1.97. The zero-order valence-corrected chi connectivity index (χ0v) is 18.0. The summed E-state index contributed by atoms with van der Waals surface area (Å²) >= 11 is 0. The third-order valence-corrected chi connectivity index (χ3v) is 4.60. The van der Waals surface area contributed by atoms with Crippen molar-refractivity contribution in [2.75, 3.05) is 45.9 Å². The monoisotopic (exact) mass is 428 g/mol. The van der Waals surface area contributed by atoms with Crippen LogP contribution in [0.25, 0.3) is 0 Å². The van der Waals surface area contributed by atoms with E-state index < -0.39 is 12.7 Å². The molecular weight excluding hydrogens is 394 g/mol. The lowest BCUT2D eigenvalue weighted by molar-refractivity contribution is -0.0498. The Labute approximate surface area is 177 Å². The maximum absolute atomic E-state index is 12.2. The first-order valence-electron chi connectivity index (χ1n) is 10.5. The van der Waals surface area contributed by atoms with Crippen LogP contribution < -0.4 is 15.4 Å². The summed E-state index contributed by atoms with van der Waals surface area (Å²) in [4.78, 5) is 6.85. The van der Waals surface area contributed by atoms with Crippen LogP contribution in [0.5, 0.6) is 5.75 Å². The van der Waals surface area contributed by atoms with Crippen LogP contribution >= 0.6 is 0 Å². The molecule has 9 heteroatoms. The first-order valence-corrected chi connectivity index (χ1v) is 10.5. The van der Waals surface area contributed by atoms with Gasteiger partial charge < -0.3 is 25.2 Å². The summed E-state index contributed by atoms with van der Waals surface area (Å²) < 4.78 is 34.6. The van der Waals surface area contributed by atoms with Gasteiger partial charge in [-0.1, -0.05) is 26.0 Å². The van der Waals surface area contributed by atoms with Gasteiger partial charge in [-0.15, -0.1) is 0 Å². The van der Waals surface area contributed by atoms with Crippen molar-refractivity contribution < 1.29 is 23.4 Å². The quantitative estimate of drug-likeness (QED) is 0.392. The van der Waals surface area contributed by atoms with E-state index >= 15 is 0 Å². The maximum Gasteiger partial charge on any atom is 0.387 e. The summed E-state index contributed by atoms with van der Waals surface area (Å²) in [5.74, 6) is 1.27. The number of halogens is 2. The summed E-state index contributed by atoms with van der Waals surface area (Å²) in [5.41, 5.74) is 0.580. The molecule has 0 saturated carbocycles. The second-order valence-corrected chi connectivity index (χ2v) is 7.71. The third-order valence-electron chi connectivity index (χ3n) is 4.60. The van der Waals surface area contributed by atoms with Crippen molar-refractivity contribution in [3.63, 3.8) is 0 Å². The molecule has 0 bridgehead atoms. The Kier molecular flexibility index (Phi) is 10.3. The second kappa shape index (κ2) is 12.7. The van der Waals surface area contributed by atoms with Gasteiger partial charge in [-0.3, -0.25) is 9.89 Å².